The average Bonchev–Trinajstić information content (AvgIpc) is 3.22. The molecule has 1 unspecified atom stereocenters. The predicted octanol–water partition coefficient (Wildman–Crippen LogP) is 2.38. The summed E-state index contributed by atoms with van der Waals surface area (Å²) < 4.78 is 35.3. The molecule has 3 rings (SSSR count). The molecule has 25 heavy (non-hydrogen) atoms. The Balaban J connectivity index is 1.74. The third kappa shape index (κ3) is 3.85. The number of aliphatic carboxylic acids is 1. The molecule has 1 amide bonds. The van der Waals surface area contributed by atoms with E-state index in [1.165, 1.54) is 6.20 Å². The van der Waals surface area contributed by atoms with E-state index in [0.717, 1.165) is 11.3 Å². The van der Waals surface area contributed by atoms with Crippen LogP contribution in [0.1, 0.15) is 16.1 Å². The van der Waals surface area contributed by atoms with Gasteiger partial charge >= 0.3 is 5.97 Å². The maximum absolute atomic E-state index is 12.4. The minimum Gasteiger partial charge on any atom is -0.480 e. The monoisotopic (exact) mass is 370 g/mol. The first kappa shape index (κ1) is 17.1. The lowest BCUT2D eigenvalue weighted by Gasteiger charge is -2.12. The van der Waals surface area contributed by atoms with Crippen LogP contribution in [0.2, 0.25) is 0 Å². The third-order valence-corrected chi connectivity index (χ3v) is 4.41. The molecule has 0 bridgehead atoms. The van der Waals surface area contributed by atoms with Gasteiger partial charge in [-0.2, -0.15) is 0 Å². The van der Waals surface area contributed by atoms with Gasteiger partial charge in [0.1, 0.15) is 15.9 Å². The van der Waals surface area contributed by atoms with Gasteiger partial charge in [-0.05, 0) is 18.2 Å². The molecule has 2 N–H and O–H groups in total. The molecule has 1 aromatic carbocycles. The number of carboxylic acid groups (broad SMARTS) is 1. The fourth-order valence-electron chi connectivity index (χ4n) is 2.17. The number of benzene rings is 1. The molecule has 2 heterocycles. The van der Waals surface area contributed by atoms with E-state index in [-0.39, 0.29) is 11.7 Å². The van der Waals surface area contributed by atoms with E-state index in [1.807, 2.05) is 0 Å². The molecule has 1 atom stereocenters. The second-order valence-corrected chi connectivity index (χ2v) is 6.12. The number of nitrogens with one attached hydrogen (secondary N) is 1. The van der Waals surface area contributed by atoms with E-state index < -0.39 is 30.8 Å². The normalized spacial score (nSPS) is 13.7. The number of carboxylic acids is 1. The highest BCUT2D eigenvalue weighted by Crippen LogP contribution is 2.36. The zero-order valence-electron chi connectivity index (χ0n) is 12.6. The number of carbonyl (C=O) groups excluding carboxylic acids is 1. The smallest absolute Gasteiger partial charge is 0.326 e. The second-order valence-electron chi connectivity index (χ2n) is 5.09. The Morgan fingerprint density at radius 2 is 2.08 bits per heavy atom. The number of fused-ring (bicyclic) bond motifs is 1. The number of thiazole rings is 1. The van der Waals surface area contributed by atoms with E-state index in [9.17, 15) is 18.4 Å². The highest BCUT2D eigenvalue weighted by molar-refractivity contribution is 7.16. The highest BCUT2D eigenvalue weighted by Gasteiger charge is 2.25. The Bertz CT molecular complexity index is 811. The van der Waals surface area contributed by atoms with Crippen LogP contribution in [0.4, 0.5) is 8.78 Å². The molecule has 0 spiro atoms. The molecule has 0 saturated heterocycles. The van der Waals surface area contributed by atoms with Crippen LogP contribution in [0, 0.1) is 0 Å². The van der Waals surface area contributed by atoms with Gasteiger partial charge in [-0.15, -0.1) is 11.3 Å². The zero-order valence-corrected chi connectivity index (χ0v) is 13.4. The highest BCUT2D eigenvalue weighted by atomic mass is 32.1. The van der Waals surface area contributed by atoms with Crippen LogP contribution in [0.25, 0.3) is 10.6 Å². The average molecular weight is 370 g/mol. The van der Waals surface area contributed by atoms with Gasteiger partial charge in [0.25, 0.3) is 5.91 Å². The molecule has 1 aromatic heterocycles. The van der Waals surface area contributed by atoms with Crippen molar-refractivity contribution in [2.75, 3.05) is 6.79 Å². The SMILES string of the molecule is O=C(NC(CC(F)F)C(=O)O)c1cnc(-c2ccc3c(c2)OCO3)s1. The van der Waals surface area contributed by atoms with E-state index >= 15 is 0 Å². The summed E-state index contributed by atoms with van der Waals surface area (Å²) in [5.41, 5.74) is 0.690. The maximum atomic E-state index is 12.4. The van der Waals surface area contributed by atoms with Crippen molar-refractivity contribution < 1.29 is 33.0 Å². The van der Waals surface area contributed by atoms with E-state index in [0.29, 0.717) is 22.1 Å². The van der Waals surface area contributed by atoms with Gasteiger partial charge in [-0.25, -0.2) is 18.6 Å². The maximum Gasteiger partial charge on any atom is 0.326 e. The molecule has 1 aliphatic rings. The third-order valence-electron chi connectivity index (χ3n) is 3.37. The van der Waals surface area contributed by atoms with Gasteiger partial charge in [-0.1, -0.05) is 0 Å². The number of ether oxygens (including phenoxy) is 2. The number of halogens is 2. The quantitative estimate of drug-likeness (QED) is 0.810. The van der Waals surface area contributed by atoms with Gasteiger partial charge < -0.3 is 19.9 Å². The predicted molar refractivity (Wildman–Crippen MR) is 83.2 cm³/mol. The molecule has 132 valence electrons. The fraction of sp³-hybridized carbons (Fsp3) is 0.267. The van der Waals surface area contributed by atoms with Gasteiger partial charge in [-0.3, -0.25) is 4.79 Å². The molecular formula is C15H12F2N2O5S. The van der Waals surface area contributed by atoms with Crippen LogP contribution < -0.4 is 14.8 Å². The minimum absolute atomic E-state index is 0.119. The summed E-state index contributed by atoms with van der Waals surface area (Å²) in [6, 6.07) is 3.50. The summed E-state index contributed by atoms with van der Waals surface area (Å²) in [5.74, 6) is -1.12. The number of amides is 1. The van der Waals surface area contributed by atoms with E-state index in [2.05, 4.69) is 10.3 Å². The summed E-state index contributed by atoms with van der Waals surface area (Å²) >= 11 is 1.01. The number of carbonyl (C=O) groups is 2. The summed E-state index contributed by atoms with van der Waals surface area (Å²) in [5, 5.41) is 11.5. The van der Waals surface area contributed by atoms with Crippen molar-refractivity contribution in [1.29, 1.82) is 0 Å². The van der Waals surface area contributed by atoms with Crippen molar-refractivity contribution in [2.45, 2.75) is 18.9 Å². The van der Waals surface area contributed by atoms with Crippen LogP contribution in [0.3, 0.4) is 0 Å². The molecule has 0 saturated carbocycles. The first-order valence-electron chi connectivity index (χ1n) is 7.11. The molecule has 0 radical (unpaired) electrons. The Kier molecular flexibility index (Phi) is 4.79. The van der Waals surface area contributed by atoms with Crippen LogP contribution in [-0.4, -0.2) is 41.2 Å². The van der Waals surface area contributed by atoms with Crippen molar-refractivity contribution in [1.82, 2.24) is 10.3 Å². The van der Waals surface area contributed by atoms with Crippen molar-refractivity contribution in [2.24, 2.45) is 0 Å². The molecular weight excluding hydrogens is 358 g/mol. The number of rotatable bonds is 6. The van der Waals surface area contributed by atoms with Gasteiger partial charge in [0, 0.05) is 12.0 Å². The second kappa shape index (κ2) is 7.01. The number of alkyl halides is 2. The summed E-state index contributed by atoms with van der Waals surface area (Å²) in [6.07, 6.45) is -2.54. The summed E-state index contributed by atoms with van der Waals surface area (Å²) in [6.45, 7) is 0.130. The first-order valence-corrected chi connectivity index (χ1v) is 7.93. The molecule has 0 aliphatic carbocycles. The van der Waals surface area contributed by atoms with Crippen molar-refractivity contribution >= 4 is 23.2 Å². The van der Waals surface area contributed by atoms with Crippen LogP contribution >= 0.6 is 11.3 Å². The van der Waals surface area contributed by atoms with Crippen LogP contribution in [0.15, 0.2) is 24.4 Å². The van der Waals surface area contributed by atoms with Gasteiger partial charge in [0.05, 0.1) is 6.20 Å². The first-order chi connectivity index (χ1) is 11.9. The van der Waals surface area contributed by atoms with E-state index in [4.69, 9.17) is 14.6 Å². The number of nitrogens with zero attached hydrogens (tertiary/aromatic N) is 1. The van der Waals surface area contributed by atoms with E-state index in [1.54, 1.807) is 18.2 Å². The Morgan fingerprint density at radius 3 is 2.80 bits per heavy atom. The molecule has 0 fully saturated rings. The topological polar surface area (TPSA) is 97.8 Å². The van der Waals surface area contributed by atoms with Crippen molar-refractivity contribution in [3.05, 3.63) is 29.3 Å². The Hall–Kier alpha value is -2.75. The number of hydrogen-bond donors (Lipinski definition) is 2. The standard InChI is InChI=1S/C15H12F2N2O5S/c16-12(17)4-8(15(21)22)19-13(20)11-5-18-14(25-11)7-1-2-9-10(3-7)24-6-23-9/h1-3,5,8,12H,4,6H2,(H,19,20)(H,21,22). The van der Waals surface area contributed by atoms with Gasteiger partial charge in [0.15, 0.2) is 11.5 Å². The largest absolute Gasteiger partial charge is 0.480 e. The summed E-state index contributed by atoms with van der Waals surface area (Å²) in [4.78, 5) is 27.3. The molecule has 1 aliphatic heterocycles. The number of hydrogen-bond acceptors (Lipinski definition) is 6. The fourth-order valence-corrected chi connectivity index (χ4v) is 2.99. The lowest BCUT2D eigenvalue weighted by atomic mass is 10.2. The van der Waals surface area contributed by atoms with Gasteiger partial charge in [0.2, 0.25) is 13.2 Å². The molecule has 7 nitrogen and oxygen atoms in total. The van der Waals surface area contributed by atoms with Crippen molar-refractivity contribution in [3.63, 3.8) is 0 Å². The lowest BCUT2D eigenvalue weighted by Crippen LogP contribution is -2.41. The van der Waals surface area contributed by atoms with Crippen LogP contribution in [-0.2, 0) is 4.79 Å². The van der Waals surface area contributed by atoms with Crippen molar-refractivity contribution in [3.8, 4) is 22.1 Å². The Morgan fingerprint density at radius 1 is 1.32 bits per heavy atom. The molecule has 10 heteroatoms. The zero-order chi connectivity index (χ0) is 18.0. The molecule has 2 aromatic rings. The Labute approximate surface area is 144 Å². The number of aromatic nitrogens is 1. The summed E-state index contributed by atoms with van der Waals surface area (Å²) in [7, 11) is 0. The minimum atomic E-state index is -2.84. The van der Waals surface area contributed by atoms with Crippen LogP contribution in [0.5, 0.6) is 11.5 Å². The lowest BCUT2D eigenvalue weighted by molar-refractivity contribution is -0.140.